The summed E-state index contributed by atoms with van der Waals surface area (Å²) in [7, 11) is 0. The summed E-state index contributed by atoms with van der Waals surface area (Å²) < 4.78 is 0. The zero-order valence-electron chi connectivity index (χ0n) is 0.905. The molecule has 3 radical (unpaired) electrons. The summed E-state index contributed by atoms with van der Waals surface area (Å²) in [6.45, 7) is 0. The molecule has 4 heteroatoms. The second kappa shape index (κ2) is 19.5. The summed E-state index contributed by atoms with van der Waals surface area (Å²) in [4.78, 5) is 0. The first kappa shape index (κ1) is 36.1. The van der Waals surface area contributed by atoms with Crippen LogP contribution in [0.5, 0.6) is 0 Å². The first-order valence-electron chi connectivity index (χ1n) is 0. The molecule has 0 aliphatic heterocycles. The molecular formula is H3AlCu3. The summed E-state index contributed by atoms with van der Waals surface area (Å²) in [5.41, 5.74) is 0. The molecule has 4 heavy (non-hydrogen) atoms. The van der Waals surface area contributed by atoms with Crippen molar-refractivity contribution in [3.05, 3.63) is 0 Å². The monoisotopic (exact) mass is 219 g/mol. The van der Waals surface area contributed by atoms with Crippen LogP contribution in [0.25, 0.3) is 0 Å². The van der Waals surface area contributed by atoms with Crippen molar-refractivity contribution >= 4 is 17.4 Å². The fourth-order valence-electron chi connectivity index (χ4n) is 0. The zero-order valence-corrected chi connectivity index (χ0v) is 3.73. The van der Waals surface area contributed by atoms with Crippen LogP contribution in [-0.2, 0) is 51.2 Å². The summed E-state index contributed by atoms with van der Waals surface area (Å²) in [6, 6.07) is 0. The van der Waals surface area contributed by atoms with Gasteiger partial charge >= 0.3 is 0 Å². The third-order valence-electron chi connectivity index (χ3n) is 0. The Hall–Kier alpha value is 2.09. The predicted octanol–water partition coefficient (Wildman–Crippen LogP) is -1.19. The largest absolute Gasteiger partial charge is 0.187 e. The fraction of sp³-hybridized carbons (Fsp3) is 0. The number of hydrogen-bond acceptors (Lipinski definition) is 0. The van der Waals surface area contributed by atoms with E-state index in [9.17, 15) is 0 Å². The Balaban J connectivity index is 0. The van der Waals surface area contributed by atoms with Crippen LogP contribution in [0.1, 0.15) is 0 Å². The quantitative estimate of drug-likeness (QED) is 0.451. The van der Waals surface area contributed by atoms with Crippen molar-refractivity contribution in [1.82, 2.24) is 0 Å². The van der Waals surface area contributed by atoms with E-state index in [-0.39, 0.29) is 68.6 Å². The van der Waals surface area contributed by atoms with Crippen LogP contribution < -0.4 is 0 Å². The van der Waals surface area contributed by atoms with Crippen molar-refractivity contribution in [2.75, 3.05) is 0 Å². The summed E-state index contributed by atoms with van der Waals surface area (Å²) in [6.07, 6.45) is 0. The molecule has 0 atom stereocenters. The van der Waals surface area contributed by atoms with E-state index >= 15 is 0 Å². The van der Waals surface area contributed by atoms with Gasteiger partial charge in [0.05, 0.1) is 0 Å². The van der Waals surface area contributed by atoms with Crippen LogP contribution in [0, 0.1) is 0 Å². The minimum absolute atomic E-state index is 0. The molecule has 0 aromatic heterocycles. The minimum atomic E-state index is 0. The molecule has 0 saturated carbocycles. The van der Waals surface area contributed by atoms with E-state index < -0.39 is 0 Å². The third-order valence-corrected chi connectivity index (χ3v) is 0. The maximum absolute atomic E-state index is 0. The Bertz CT molecular complexity index is 3.25. The van der Waals surface area contributed by atoms with Gasteiger partial charge in [0.1, 0.15) is 0 Å². The van der Waals surface area contributed by atoms with Gasteiger partial charge in [-0.3, -0.25) is 0 Å². The maximum atomic E-state index is 0. The second-order valence-corrected chi connectivity index (χ2v) is 0. The molecule has 0 amide bonds. The van der Waals surface area contributed by atoms with Crippen molar-refractivity contribution in [1.29, 1.82) is 0 Å². The van der Waals surface area contributed by atoms with Crippen molar-refractivity contribution in [2.24, 2.45) is 0 Å². The van der Waals surface area contributed by atoms with E-state index in [0.29, 0.717) is 0 Å². The predicted molar refractivity (Wildman–Crippen MR) is 9.94 cm³/mol. The normalized spacial score (nSPS) is 0. The van der Waals surface area contributed by atoms with Crippen LogP contribution in [0.2, 0.25) is 0 Å². The molecule has 0 nitrogen and oxygen atoms in total. The number of hydrogen-bond donors (Lipinski definition) is 0. The molecule has 0 aromatic carbocycles. The molecule has 0 aliphatic rings. The SMILES string of the molecule is [AlH3].[Cu].[Cu].[Cu]. The fourth-order valence-corrected chi connectivity index (χ4v) is 0. The molecule has 0 heterocycles. The van der Waals surface area contributed by atoms with Gasteiger partial charge in [0.25, 0.3) is 0 Å². The van der Waals surface area contributed by atoms with Gasteiger partial charge in [-0.15, -0.1) is 0 Å². The topological polar surface area (TPSA) is 0 Å². The molecule has 0 rings (SSSR count). The zero-order chi connectivity index (χ0) is 0. The molecule has 0 bridgehead atoms. The first-order chi connectivity index (χ1) is 0. The van der Waals surface area contributed by atoms with E-state index in [0.717, 1.165) is 0 Å². The maximum Gasteiger partial charge on any atom is 0.187 e. The number of rotatable bonds is 0. The summed E-state index contributed by atoms with van der Waals surface area (Å²) in [5, 5.41) is 0. The molecule has 39 valence electrons. The molecule has 0 fully saturated rings. The van der Waals surface area contributed by atoms with E-state index in [1.54, 1.807) is 0 Å². The van der Waals surface area contributed by atoms with E-state index in [2.05, 4.69) is 0 Å². The van der Waals surface area contributed by atoms with Crippen molar-refractivity contribution in [2.45, 2.75) is 0 Å². The van der Waals surface area contributed by atoms with Crippen LogP contribution >= 0.6 is 0 Å². The van der Waals surface area contributed by atoms with Crippen molar-refractivity contribution in [3.63, 3.8) is 0 Å². The van der Waals surface area contributed by atoms with E-state index in [1.807, 2.05) is 0 Å². The van der Waals surface area contributed by atoms with Gasteiger partial charge in [-0.05, 0) is 0 Å². The minimum Gasteiger partial charge on any atom is 0 e. The molecule has 0 saturated heterocycles. The second-order valence-electron chi connectivity index (χ2n) is 0. The van der Waals surface area contributed by atoms with Crippen LogP contribution in [0.4, 0.5) is 0 Å². The average Bonchev–Trinajstić information content (AvgIpc) is 0. The standard InChI is InChI=1S/Al.3Cu.3H. The smallest absolute Gasteiger partial charge is 0 e. The Morgan fingerprint density at radius 2 is 0.500 bits per heavy atom. The van der Waals surface area contributed by atoms with Crippen LogP contribution in [0.3, 0.4) is 0 Å². The Labute approximate surface area is 68.0 Å². The first-order valence-corrected chi connectivity index (χ1v) is 0. The molecular weight excluding hydrogens is 218 g/mol. The van der Waals surface area contributed by atoms with Crippen LogP contribution in [0.15, 0.2) is 0 Å². The van der Waals surface area contributed by atoms with E-state index in [4.69, 9.17) is 0 Å². The van der Waals surface area contributed by atoms with Gasteiger partial charge in [0.2, 0.25) is 0 Å². The summed E-state index contributed by atoms with van der Waals surface area (Å²) >= 11 is 0. The Morgan fingerprint density at radius 1 is 0.500 bits per heavy atom. The van der Waals surface area contributed by atoms with Gasteiger partial charge in [0.15, 0.2) is 17.4 Å². The van der Waals surface area contributed by atoms with Crippen molar-refractivity contribution < 1.29 is 51.2 Å². The van der Waals surface area contributed by atoms with Crippen LogP contribution in [-0.4, -0.2) is 17.4 Å². The van der Waals surface area contributed by atoms with Gasteiger partial charge < -0.3 is 0 Å². The van der Waals surface area contributed by atoms with Gasteiger partial charge in [-0.25, -0.2) is 0 Å². The molecule has 0 aliphatic carbocycles. The van der Waals surface area contributed by atoms with Gasteiger partial charge in [-0.2, -0.15) is 0 Å². The van der Waals surface area contributed by atoms with Gasteiger partial charge in [0, 0.05) is 51.2 Å². The Morgan fingerprint density at radius 3 is 0.500 bits per heavy atom. The molecule has 0 unspecified atom stereocenters. The van der Waals surface area contributed by atoms with Crippen molar-refractivity contribution in [3.8, 4) is 0 Å². The van der Waals surface area contributed by atoms with Gasteiger partial charge in [-0.1, -0.05) is 0 Å². The summed E-state index contributed by atoms with van der Waals surface area (Å²) in [5.74, 6) is 0. The molecule has 0 N–H and O–H groups in total. The van der Waals surface area contributed by atoms with E-state index in [1.165, 1.54) is 0 Å². The Kier molecular flexibility index (Phi) is 176. The molecule has 0 aromatic rings. The molecule has 0 spiro atoms. The average molecular weight is 221 g/mol. The third kappa shape index (κ3) is 8.94.